The summed E-state index contributed by atoms with van der Waals surface area (Å²) in [4.78, 5) is 18.9. The van der Waals surface area contributed by atoms with E-state index in [1.165, 1.54) is 18.7 Å². The van der Waals surface area contributed by atoms with Crippen LogP contribution in [-0.4, -0.2) is 77.8 Å². The first-order valence-corrected chi connectivity index (χ1v) is 11.0. The maximum atomic E-state index is 12.8. The number of anilines is 2. The lowest BCUT2D eigenvalue weighted by Crippen LogP contribution is -2.30. The van der Waals surface area contributed by atoms with Crippen LogP contribution in [0.25, 0.3) is 11.2 Å². The number of hydrogen-bond acceptors (Lipinski definition) is 9. The van der Waals surface area contributed by atoms with Crippen LogP contribution in [0.1, 0.15) is 24.4 Å². The van der Waals surface area contributed by atoms with E-state index in [2.05, 4.69) is 25.3 Å². The number of nitrogens with one attached hydrogen (secondary N) is 1. The van der Waals surface area contributed by atoms with E-state index in [4.69, 9.17) is 0 Å². The third-order valence-electron chi connectivity index (χ3n) is 6.65. The zero-order valence-electron chi connectivity index (χ0n) is 18.0. The summed E-state index contributed by atoms with van der Waals surface area (Å²) in [6.07, 6.45) is -1.64. The number of hydrogen-bond donors (Lipinski definition) is 4. The molecule has 2 fully saturated rings. The first-order chi connectivity index (χ1) is 16.3. The molecule has 4 unspecified atom stereocenters. The normalized spacial score (nSPS) is 27.6. The van der Waals surface area contributed by atoms with Crippen LogP contribution in [0.2, 0.25) is 0 Å². The second kappa shape index (κ2) is 8.64. The van der Waals surface area contributed by atoms with Gasteiger partial charge in [0.25, 0.3) is 0 Å². The van der Waals surface area contributed by atoms with Gasteiger partial charge >= 0.3 is 6.18 Å². The van der Waals surface area contributed by atoms with Crippen molar-refractivity contribution in [1.29, 1.82) is 0 Å². The SMILES string of the molecule is OCC1CC(n2cnc3c(N[C@H]4CCN(c5ccc(C(F)(F)F)cn5)C4)ncnc32)C(O)C1O. The molecular weight excluding hydrogens is 455 g/mol. The number of aliphatic hydroxyl groups excluding tert-OH is 3. The summed E-state index contributed by atoms with van der Waals surface area (Å²) in [5, 5.41) is 33.4. The molecule has 0 aromatic carbocycles. The quantitative estimate of drug-likeness (QED) is 0.426. The number of halogens is 3. The average Bonchev–Trinajstić information content (AvgIpc) is 3.52. The van der Waals surface area contributed by atoms with E-state index in [0.717, 1.165) is 18.7 Å². The fourth-order valence-corrected chi connectivity index (χ4v) is 4.78. The molecule has 0 bridgehead atoms. The zero-order valence-corrected chi connectivity index (χ0v) is 18.0. The van der Waals surface area contributed by atoms with E-state index >= 15 is 0 Å². The lowest BCUT2D eigenvalue weighted by molar-refractivity contribution is -0.137. The highest BCUT2D eigenvalue weighted by atomic mass is 19.4. The number of nitrogens with zero attached hydrogens (tertiary/aromatic N) is 6. The van der Waals surface area contributed by atoms with E-state index in [9.17, 15) is 28.5 Å². The molecule has 4 N–H and O–H groups in total. The number of imidazole rings is 1. The van der Waals surface area contributed by atoms with Crippen molar-refractivity contribution < 1.29 is 28.5 Å². The van der Waals surface area contributed by atoms with Crippen molar-refractivity contribution >= 4 is 22.8 Å². The largest absolute Gasteiger partial charge is 0.417 e. The Bertz CT molecular complexity index is 1160. The predicted molar refractivity (Wildman–Crippen MR) is 115 cm³/mol. The first kappa shape index (κ1) is 22.7. The second-order valence-electron chi connectivity index (χ2n) is 8.75. The summed E-state index contributed by atoms with van der Waals surface area (Å²) in [5.74, 6) is 0.546. The first-order valence-electron chi connectivity index (χ1n) is 11.0. The van der Waals surface area contributed by atoms with Gasteiger partial charge in [-0.05, 0) is 25.0 Å². The molecule has 10 nitrogen and oxygen atoms in total. The van der Waals surface area contributed by atoms with E-state index in [0.29, 0.717) is 42.3 Å². The van der Waals surface area contributed by atoms with Gasteiger partial charge in [-0.1, -0.05) is 0 Å². The number of rotatable bonds is 5. The standard InChI is InChI=1S/C21H24F3N7O3/c22-21(23,24)12-1-2-15(25-6-12)30-4-3-13(7-30)29-19-16-20(27-9-26-19)31(10-28-16)14-5-11(8-32)17(33)18(14)34/h1-2,6,9-11,13-14,17-18,32-34H,3-5,7-8H2,(H,26,27,29)/t11?,13-,14?,17?,18?/m0/s1. The molecule has 1 aliphatic carbocycles. The lowest BCUT2D eigenvalue weighted by atomic mass is 10.1. The number of alkyl halides is 3. The average molecular weight is 479 g/mol. The van der Waals surface area contributed by atoms with Crippen LogP contribution in [0, 0.1) is 5.92 Å². The monoisotopic (exact) mass is 479 g/mol. The molecular formula is C21H24F3N7O3. The number of fused-ring (bicyclic) bond motifs is 1. The van der Waals surface area contributed by atoms with Crippen LogP contribution in [0.15, 0.2) is 31.0 Å². The Balaban J connectivity index is 1.31. The van der Waals surface area contributed by atoms with Gasteiger partial charge in [0, 0.05) is 37.9 Å². The van der Waals surface area contributed by atoms with Gasteiger partial charge in [-0.15, -0.1) is 0 Å². The summed E-state index contributed by atoms with van der Waals surface area (Å²) < 4.78 is 40.1. The summed E-state index contributed by atoms with van der Waals surface area (Å²) in [5.41, 5.74) is 0.212. The summed E-state index contributed by atoms with van der Waals surface area (Å²) in [7, 11) is 0. The van der Waals surface area contributed by atoms with Crippen molar-refractivity contribution in [2.45, 2.75) is 43.3 Å². The maximum Gasteiger partial charge on any atom is 0.417 e. The molecule has 5 atom stereocenters. The van der Waals surface area contributed by atoms with Gasteiger partial charge in [0.2, 0.25) is 0 Å². The summed E-state index contributed by atoms with van der Waals surface area (Å²) in [6.45, 7) is 0.915. The maximum absolute atomic E-state index is 12.8. The molecule has 1 saturated carbocycles. The Morgan fingerprint density at radius 1 is 1.09 bits per heavy atom. The van der Waals surface area contributed by atoms with Gasteiger partial charge in [0.05, 0.1) is 24.0 Å². The third-order valence-corrected chi connectivity index (χ3v) is 6.65. The van der Waals surface area contributed by atoms with Crippen LogP contribution in [0.3, 0.4) is 0 Å². The van der Waals surface area contributed by atoms with E-state index < -0.39 is 35.9 Å². The highest BCUT2D eigenvalue weighted by molar-refractivity contribution is 5.83. The molecule has 0 amide bonds. The smallest absolute Gasteiger partial charge is 0.396 e. The molecule has 2 aliphatic rings. The minimum absolute atomic E-state index is 0.0370. The highest BCUT2D eigenvalue weighted by Crippen LogP contribution is 2.37. The van der Waals surface area contributed by atoms with E-state index in [1.807, 2.05) is 4.90 Å². The predicted octanol–water partition coefficient (Wildman–Crippen LogP) is 1.21. The Hall–Kier alpha value is -3.03. The van der Waals surface area contributed by atoms with Crippen molar-refractivity contribution in [3.63, 3.8) is 0 Å². The second-order valence-corrected chi connectivity index (χ2v) is 8.75. The molecule has 5 rings (SSSR count). The Kier molecular flexibility index (Phi) is 5.78. The van der Waals surface area contributed by atoms with Gasteiger partial charge in [-0.2, -0.15) is 13.2 Å². The highest BCUT2D eigenvalue weighted by Gasteiger charge is 2.42. The van der Waals surface area contributed by atoms with E-state index in [-0.39, 0.29) is 12.6 Å². The molecule has 3 aromatic heterocycles. The summed E-state index contributed by atoms with van der Waals surface area (Å²) >= 11 is 0. The van der Waals surface area contributed by atoms with Gasteiger partial charge < -0.3 is 30.1 Å². The summed E-state index contributed by atoms with van der Waals surface area (Å²) in [6, 6.07) is 1.88. The molecule has 182 valence electrons. The zero-order chi connectivity index (χ0) is 24.0. The van der Waals surface area contributed by atoms with Crippen LogP contribution < -0.4 is 10.2 Å². The van der Waals surface area contributed by atoms with E-state index in [1.54, 1.807) is 4.57 Å². The van der Waals surface area contributed by atoms with Crippen molar-refractivity contribution in [3.05, 3.63) is 36.5 Å². The van der Waals surface area contributed by atoms with Gasteiger partial charge in [0.1, 0.15) is 23.8 Å². The Morgan fingerprint density at radius 2 is 1.91 bits per heavy atom. The molecule has 34 heavy (non-hydrogen) atoms. The van der Waals surface area contributed by atoms with Crippen molar-refractivity contribution in [1.82, 2.24) is 24.5 Å². The minimum atomic E-state index is -4.42. The number of pyridine rings is 1. The molecule has 13 heteroatoms. The Labute approximate surface area is 192 Å². The topological polar surface area (TPSA) is 132 Å². The molecule has 3 aromatic rings. The van der Waals surface area contributed by atoms with Gasteiger partial charge in [0.15, 0.2) is 11.5 Å². The molecule has 1 saturated heterocycles. The lowest BCUT2D eigenvalue weighted by Gasteiger charge is -2.19. The van der Waals surface area contributed by atoms with Gasteiger partial charge in [-0.25, -0.2) is 19.9 Å². The van der Waals surface area contributed by atoms with Crippen LogP contribution in [0.5, 0.6) is 0 Å². The van der Waals surface area contributed by atoms with Crippen LogP contribution in [-0.2, 0) is 6.18 Å². The number of aromatic nitrogens is 5. The molecule has 0 spiro atoms. The van der Waals surface area contributed by atoms with Crippen molar-refractivity contribution in [2.75, 3.05) is 29.9 Å². The van der Waals surface area contributed by atoms with Gasteiger partial charge in [-0.3, -0.25) is 0 Å². The molecule has 4 heterocycles. The third kappa shape index (κ3) is 4.03. The fraction of sp³-hybridized carbons (Fsp3) is 0.524. The molecule has 0 radical (unpaired) electrons. The fourth-order valence-electron chi connectivity index (χ4n) is 4.78. The van der Waals surface area contributed by atoms with Crippen LogP contribution >= 0.6 is 0 Å². The van der Waals surface area contributed by atoms with Crippen molar-refractivity contribution in [2.24, 2.45) is 5.92 Å². The minimum Gasteiger partial charge on any atom is -0.396 e. The number of aliphatic hydroxyl groups is 3. The van der Waals surface area contributed by atoms with Crippen LogP contribution in [0.4, 0.5) is 24.8 Å². The molecule has 1 aliphatic heterocycles. The Morgan fingerprint density at radius 3 is 2.59 bits per heavy atom. The van der Waals surface area contributed by atoms with Crippen molar-refractivity contribution in [3.8, 4) is 0 Å².